The van der Waals surface area contributed by atoms with Crippen LogP contribution in [0.25, 0.3) is 21.8 Å². The van der Waals surface area contributed by atoms with Crippen molar-refractivity contribution >= 4 is 39.3 Å². The summed E-state index contributed by atoms with van der Waals surface area (Å²) in [5, 5.41) is 8.19. The van der Waals surface area contributed by atoms with Crippen molar-refractivity contribution < 1.29 is 17.9 Å². The molecule has 0 atom stereocenters. The second-order valence-electron chi connectivity index (χ2n) is 7.42. The molecule has 0 amide bonds. The third-order valence-electron chi connectivity index (χ3n) is 5.13. The lowest BCUT2D eigenvalue weighted by Crippen LogP contribution is -2.17. The van der Waals surface area contributed by atoms with Gasteiger partial charge in [-0.05, 0) is 60.5 Å². The Morgan fingerprint density at radius 1 is 0.970 bits per heavy atom. The largest absolute Gasteiger partial charge is 0.573 e. The van der Waals surface area contributed by atoms with E-state index in [9.17, 15) is 13.2 Å². The van der Waals surface area contributed by atoms with Crippen molar-refractivity contribution in [2.45, 2.75) is 12.8 Å². The fourth-order valence-electron chi connectivity index (χ4n) is 3.66. The molecule has 33 heavy (non-hydrogen) atoms. The number of nitrogens with zero attached hydrogens (tertiary/aromatic N) is 2. The third kappa shape index (κ3) is 4.84. The number of aromatic amines is 2. The van der Waals surface area contributed by atoms with Crippen molar-refractivity contribution in [3.05, 3.63) is 72.7 Å². The standard InChI is InChI=1S/C23H19F3N6O/c24-23(25,26)33-17-2-4-20-18(12-17)15(13-30-20)6-9-28-22-29-10-7-21(32-22)31-16-1-3-19-14(11-16)5-8-27-19/h1-5,7-8,10-13,27,30H,6,9H2,(H2,28,29,31,32). The molecule has 0 radical (unpaired) electrons. The molecule has 168 valence electrons. The number of anilines is 3. The molecule has 3 aromatic heterocycles. The molecule has 0 aliphatic rings. The van der Waals surface area contributed by atoms with Crippen molar-refractivity contribution in [2.24, 2.45) is 0 Å². The number of halogens is 3. The predicted molar refractivity (Wildman–Crippen MR) is 121 cm³/mol. The van der Waals surface area contributed by atoms with Gasteiger partial charge in [-0.25, -0.2) is 4.98 Å². The van der Waals surface area contributed by atoms with Gasteiger partial charge in [-0.3, -0.25) is 0 Å². The van der Waals surface area contributed by atoms with Crippen LogP contribution in [-0.4, -0.2) is 32.8 Å². The molecule has 0 saturated heterocycles. The predicted octanol–water partition coefficient (Wildman–Crippen LogP) is 5.74. The molecule has 5 rings (SSSR count). The van der Waals surface area contributed by atoms with Gasteiger partial charge in [-0.15, -0.1) is 13.2 Å². The molecule has 0 bridgehead atoms. The summed E-state index contributed by atoms with van der Waals surface area (Å²) in [6, 6.07) is 14.0. The van der Waals surface area contributed by atoms with E-state index >= 15 is 0 Å². The van der Waals surface area contributed by atoms with Crippen LogP contribution in [0.4, 0.5) is 30.6 Å². The van der Waals surface area contributed by atoms with Crippen LogP contribution in [0.3, 0.4) is 0 Å². The summed E-state index contributed by atoms with van der Waals surface area (Å²) >= 11 is 0. The highest BCUT2D eigenvalue weighted by atomic mass is 19.4. The van der Waals surface area contributed by atoms with E-state index in [0.717, 1.165) is 27.7 Å². The molecule has 0 aliphatic carbocycles. The molecule has 0 aliphatic heterocycles. The van der Waals surface area contributed by atoms with Gasteiger partial charge >= 0.3 is 6.36 Å². The summed E-state index contributed by atoms with van der Waals surface area (Å²) in [6.45, 7) is 0.496. The minimum Gasteiger partial charge on any atom is -0.406 e. The van der Waals surface area contributed by atoms with Crippen LogP contribution in [0.15, 0.2) is 67.1 Å². The number of alkyl halides is 3. The number of rotatable bonds is 7. The van der Waals surface area contributed by atoms with E-state index in [-0.39, 0.29) is 5.75 Å². The van der Waals surface area contributed by atoms with Crippen molar-refractivity contribution in [1.82, 2.24) is 19.9 Å². The Kier molecular flexibility index (Phi) is 5.25. The topological polar surface area (TPSA) is 90.6 Å². The first kappa shape index (κ1) is 20.7. The van der Waals surface area contributed by atoms with E-state index in [4.69, 9.17) is 0 Å². The Morgan fingerprint density at radius 3 is 2.73 bits per heavy atom. The summed E-state index contributed by atoms with van der Waals surface area (Å²) < 4.78 is 41.6. The zero-order chi connectivity index (χ0) is 22.8. The highest BCUT2D eigenvalue weighted by Crippen LogP contribution is 2.28. The maximum atomic E-state index is 12.5. The third-order valence-corrected chi connectivity index (χ3v) is 5.13. The summed E-state index contributed by atoms with van der Waals surface area (Å²) in [5.41, 5.74) is 3.56. The van der Waals surface area contributed by atoms with E-state index in [0.29, 0.717) is 30.1 Å². The van der Waals surface area contributed by atoms with Crippen LogP contribution in [0, 0.1) is 0 Å². The van der Waals surface area contributed by atoms with Gasteiger partial charge in [0.15, 0.2) is 0 Å². The Bertz CT molecular complexity index is 1410. The molecule has 2 aromatic carbocycles. The second-order valence-corrected chi connectivity index (χ2v) is 7.42. The number of fused-ring (bicyclic) bond motifs is 2. The SMILES string of the molecule is FC(F)(F)Oc1ccc2[nH]cc(CCNc3nccc(Nc4ccc5[nH]ccc5c4)n3)c2c1. The molecule has 3 heterocycles. The van der Waals surface area contributed by atoms with Crippen LogP contribution in [0.2, 0.25) is 0 Å². The van der Waals surface area contributed by atoms with Gasteiger partial charge in [0.05, 0.1) is 0 Å². The number of hydrogen-bond acceptors (Lipinski definition) is 5. The van der Waals surface area contributed by atoms with Crippen molar-refractivity contribution in [2.75, 3.05) is 17.2 Å². The highest BCUT2D eigenvalue weighted by molar-refractivity contribution is 5.85. The van der Waals surface area contributed by atoms with Crippen molar-refractivity contribution in [3.63, 3.8) is 0 Å². The van der Waals surface area contributed by atoms with E-state index in [1.54, 1.807) is 24.5 Å². The first-order valence-electron chi connectivity index (χ1n) is 10.2. The van der Waals surface area contributed by atoms with Gasteiger partial charge in [-0.1, -0.05) is 0 Å². The van der Waals surface area contributed by atoms with Crippen molar-refractivity contribution in [1.29, 1.82) is 0 Å². The molecule has 7 nitrogen and oxygen atoms in total. The molecule has 10 heteroatoms. The van der Waals surface area contributed by atoms with Gasteiger partial charge in [0.25, 0.3) is 0 Å². The lowest BCUT2D eigenvalue weighted by Gasteiger charge is -2.10. The summed E-state index contributed by atoms with van der Waals surface area (Å²) in [6.07, 6.45) is 1.15. The Balaban J connectivity index is 1.24. The Labute approximate surface area is 186 Å². The molecule has 0 unspecified atom stereocenters. The normalized spacial score (nSPS) is 11.7. The molecule has 0 spiro atoms. The molecule has 4 N–H and O–H groups in total. The zero-order valence-electron chi connectivity index (χ0n) is 17.2. The second kappa shape index (κ2) is 8.38. The monoisotopic (exact) mass is 452 g/mol. The van der Waals surface area contributed by atoms with E-state index in [1.807, 2.05) is 30.5 Å². The van der Waals surface area contributed by atoms with Crippen LogP contribution < -0.4 is 15.4 Å². The highest BCUT2D eigenvalue weighted by Gasteiger charge is 2.31. The zero-order valence-corrected chi connectivity index (χ0v) is 17.2. The number of aromatic nitrogens is 4. The minimum atomic E-state index is -4.73. The molecule has 0 fully saturated rings. The maximum absolute atomic E-state index is 12.5. The van der Waals surface area contributed by atoms with E-state index < -0.39 is 6.36 Å². The number of ether oxygens (including phenoxy) is 1. The average molecular weight is 452 g/mol. The van der Waals surface area contributed by atoms with Crippen LogP contribution >= 0.6 is 0 Å². The molecular weight excluding hydrogens is 433 g/mol. The molecular formula is C23H19F3N6O. The first-order valence-corrected chi connectivity index (χ1v) is 10.2. The van der Waals surface area contributed by atoms with Crippen LogP contribution in [0.1, 0.15) is 5.56 Å². The van der Waals surface area contributed by atoms with E-state index in [1.165, 1.54) is 12.1 Å². The Hall–Kier alpha value is -4.21. The number of H-pyrrole nitrogens is 2. The fraction of sp³-hybridized carbons (Fsp3) is 0.130. The average Bonchev–Trinajstić information content (AvgIpc) is 3.39. The number of hydrogen-bond donors (Lipinski definition) is 4. The maximum Gasteiger partial charge on any atom is 0.573 e. The van der Waals surface area contributed by atoms with Gasteiger partial charge in [0, 0.05) is 52.6 Å². The van der Waals surface area contributed by atoms with Crippen LogP contribution in [0.5, 0.6) is 5.75 Å². The van der Waals surface area contributed by atoms with Crippen molar-refractivity contribution in [3.8, 4) is 5.75 Å². The lowest BCUT2D eigenvalue weighted by atomic mass is 10.1. The summed E-state index contributed by atoms with van der Waals surface area (Å²) in [5.74, 6) is 0.843. The molecule has 0 saturated carbocycles. The number of nitrogens with one attached hydrogen (secondary N) is 4. The summed E-state index contributed by atoms with van der Waals surface area (Å²) in [4.78, 5) is 14.9. The van der Waals surface area contributed by atoms with E-state index in [2.05, 4.69) is 35.3 Å². The fourth-order valence-corrected chi connectivity index (χ4v) is 3.66. The van der Waals surface area contributed by atoms with Gasteiger partial charge in [-0.2, -0.15) is 4.98 Å². The molecule has 5 aromatic rings. The lowest BCUT2D eigenvalue weighted by molar-refractivity contribution is -0.274. The first-order chi connectivity index (χ1) is 15.9. The van der Waals surface area contributed by atoms with Crippen LogP contribution in [-0.2, 0) is 6.42 Å². The number of benzene rings is 2. The van der Waals surface area contributed by atoms with Gasteiger partial charge < -0.3 is 25.3 Å². The van der Waals surface area contributed by atoms with Gasteiger partial charge in [0.2, 0.25) is 5.95 Å². The quantitative estimate of drug-likeness (QED) is 0.253. The Morgan fingerprint density at radius 2 is 1.85 bits per heavy atom. The van der Waals surface area contributed by atoms with Gasteiger partial charge in [0.1, 0.15) is 11.6 Å². The summed E-state index contributed by atoms with van der Waals surface area (Å²) in [7, 11) is 0. The minimum absolute atomic E-state index is 0.247. The smallest absolute Gasteiger partial charge is 0.406 e.